The van der Waals surface area contributed by atoms with Crippen LogP contribution < -0.4 is 14.8 Å². The van der Waals surface area contributed by atoms with Crippen LogP contribution in [-0.4, -0.2) is 28.0 Å². The van der Waals surface area contributed by atoms with Crippen LogP contribution >= 0.6 is 0 Å². The summed E-state index contributed by atoms with van der Waals surface area (Å²) < 4.78 is 32.1. The number of benzene rings is 2. The van der Waals surface area contributed by atoms with Gasteiger partial charge in [-0.1, -0.05) is 25.1 Å². The predicted octanol–water partition coefficient (Wildman–Crippen LogP) is 2.55. The largest absolute Gasteiger partial charge is 0.495 e. The van der Waals surface area contributed by atoms with Crippen molar-refractivity contribution >= 4 is 21.6 Å². The zero-order chi connectivity index (χ0) is 17.7. The van der Waals surface area contributed by atoms with Gasteiger partial charge in [-0.05, 0) is 36.8 Å². The number of anilines is 1. The number of para-hydroxylation sites is 1. The number of nitrogens with one attached hydrogen (secondary N) is 2. The van der Waals surface area contributed by atoms with E-state index in [9.17, 15) is 13.2 Å². The third-order valence-electron chi connectivity index (χ3n) is 3.44. The van der Waals surface area contributed by atoms with Crippen LogP contribution in [0.3, 0.4) is 0 Å². The molecule has 0 saturated heterocycles. The Labute approximate surface area is 141 Å². The summed E-state index contributed by atoms with van der Waals surface area (Å²) in [6.07, 6.45) is 0. The van der Waals surface area contributed by atoms with Crippen molar-refractivity contribution in [2.45, 2.75) is 18.7 Å². The molecule has 0 spiro atoms. The van der Waals surface area contributed by atoms with E-state index in [1.165, 1.54) is 25.3 Å². The molecule has 128 valence electrons. The van der Waals surface area contributed by atoms with E-state index in [2.05, 4.69) is 10.0 Å². The molecule has 0 saturated carbocycles. The number of hydrogen-bond donors (Lipinski definition) is 2. The smallest absolute Gasteiger partial charge is 0.255 e. The molecular formula is C17H20N2O4S. The highest BCUT2D eigenvalue weighted by Gasteiger charge is 2.21. The Morgan fingerprint density at radius 2 is 1.88 bits per heavy atom. The minimum absolute atomic E-state index is 0.0655. The number of amides is 1. The molecule has 0 fully saturated rings. The van der Waals surface area contributed by atoms with Crippen LogP contribution in [0.15, 0.2) is 47.4 Å². The molecule has 1 amide bonds. The van der Waals surface area contributed by atoms with E-state index in [1.54, 1.807) is 13.0 Å². The summed E-state index contributed by atoms with van der Waals surface area (Å²) in [7, 11) is -2.36. The van der Waals surface area contributed by atoms with Crippen LogP contribution in [0.5, 0.6) is 5.75 Å². The van der Waals surface area contributed by atoms with Crippen molar-refractivity contribution in [3.63, 3.8) is 0 Å². The van der Waals surface area contributed by atoms with Crippen LogP contribution in [0.4, 0.5) is 5.69 Å². The maximum Gasteiger partial charge on any atom is 0.255 e. The molecule has 0 radical (unpaired) electrons. The average molecular weight is 348 g/mol. The lowest BCUT2D eigenvalue weighted by molar-refractivity contribution is 0.102. The fraction of sp³-hybridized carbons (Fsp3) is 0.235. The fourth-order valence-corrected chi connectivity index (χ4v) is 3.44. The topological polar surface area (TPSA) is 84.5 Å². The summed E-state index contributed by atoms with van der Waals surface area (Å²) in [5.41, 5.74) is 1.82. The third-order valence-corrected chi connectivity index (χ3v) is 5.01. The summed E-state index contributed by atoms with van der Waals surface area (Å²) >= 11 is 0. The molecule has 0 atom stereocenters. The maximum atomic E-state index is 12.4. The maximum absolute atomic E-state index is 12.4. The number of methoxy groups -OCH3 is 1. The summed E-state index contributed by atoms with van der Waals surface area (Å²) in [4.78, 5) is 12.4. The van der Waals surface area contributed by atoms with Gasteiger partial charge in [-0.15, -0.1) is 0 Å². The number of ether oxygens (including phenoxy) is 1. The van der Waals surface area contributed by atoms with Crippen LogP contribution in [0, 0.1) is 6.92 Å². The molecule has 0 aromatic heterocycles. The second-order valence-corrected chi connectivity index (χ2v) is 6.87. The summed E-state index contributed by atoms with van der Waals surface area (Å²) in [5, 5.41) is 2.78. The number of rotatable bonds is 6. The highest BCUT2D eigenvalue weighted by atomic mass is 32.2. The molecule has 0 unspecified atom stereocenters. The first-order chi connectivity index (χ1) is 11.4. The van der Waals surface area contributed by atoms with Gasteiger partial charge in [0.05, 0.1) is 7.11 Å². The van der Waals surface area contributed by atoms with Crippen LogP contribution in [0.1, 0.15) is 22.8 Å². The molecule has 0 heterocycles. The van der Waals surface area contributed by atoms with Gasteiger partial charge in [-0.25, -0.2) is 13.1 Å². The number of hydrogen-bond acceptors (Lipinski definition) is 4. The first-order valence-electron chi connectivity index (χ1n) is 7.43. The van der Waals surface area contributed by atoms with Gasteiger partial charge in [0.1, 0.15) is 10.6 Å². The van der Waals surface area contributed by atoms with Crippen molar-refractivity contribution in [3.8, 4) is 5.75 Å². The predicted molar refractivity (Wildman–Crippen MR) is 93.0 cm³/mol. The van der Waals surface area contributed by atoms with Crippen molar-refractivity contribution in [3.05, 3.63) is 53.6 Å². The van der Waals surface area contributed by atoms with Crippen molar-refractivity contribution in [2.24, 2.45) is 0 Å². The van der Waals surface area contributed by atoms with Crippen LogP contribution in [-0.2, 0) is 10.0 Å². The zero-order valence-electron chi connectivity index (χ0n) is 13.8. The van der Waals surface area contributed by atoms with Crippen molar-refractivity contribution in [1.29, 1.82) is 0 Å². The minimum Gasteiger partial charge on any atom is -0.495 e. The first kappa shape index (κ1) is 18.0. The van der Waals surface area contributed by atoms with Gasteiger partial charge in [0.25, 0.3) is 5.91 Å². The minimum atomic E-state index is -3.75. The fourth-order valence-electron chi connectivity index (χ4n) is 2.20. The third kappa shape index (κ3) is 3.93. The normalized spacial score (nSPS) is 11.1. The van der Waals surface area contributed by atoms with Crippen LogP contribution in [0.25, 0.3) is 0 Å². The lowest BCUT2D eigenvalue weighted by Crippen LogP contribution is -2.24. The second-order valence-electron chi connectivity index (χ2n) is 5.14. The number of carbonyl (C=O) groups excluding carboxylic acids is 1. The van der Waals surface area contributed by atoms with Gasteiger partial charge < -0.3 is 10.1 Å². The molecule has 2 aromatic carbocycles. The van der Waals surface area contributed by atoms with E-state index in [0.29, 0.717) is 5.69 Å². The Balaban J connectivity index is 2.38. The van der Waals surface area contributed by atoms with E-state index < -0.39 is 10.0 Å². The average Bonchev–Trinajstić information content (AvgIpc) is 2.56. The second kappa shape index (κ2) is 7.46. The van der Waals surface area contributed by atoms with E-state index >= 15 is 0 Å². The number of sulfonamides is 1. The lowest BCUT2D eigenvalue weighted by Gasteiger charge is -2.12. The molecule has 0 aliphatic rings. The number of aryl methyl sites for hydroxylation is 1. The van der Waals surface area contributed by atoms with E-state index in [4.69, 9.17) is 4.74 Å². The van der Waals surface area contributed by atoms with E-state index in [1.807, 2.05) is 25.1 Å². The molecule has 24 heavy (non-hydrogen) atoms. The standard InChI is InChI=1S/C17H20N2O4S/c1-4-18-24(21,22)16-11-13(9-10-15(16)23-3)17(20)19-14-8-6-5-7-12(14)2/h5-11,18H,4H2,1-3H3,(H,19,20). The molecule has 2 rings (SSSR count). The summed E-state index contributed by atoms with van der Waals surface area (Å²) in [6, 6.07) is 11.7. The first-order valence-corrected chi connectivity index (χ1v) is 8.92. The quantitative estimate of drug-likeness (QED) is 0.840. The van der Waals surface area contributed by atoms with E-state index in [0.717, 1.165) is 5.56 Å². The highest BCUT2D eigenvalue weighted by molar-refractivity contribution is 7.89. The van der Waals surface area contributed by atoms with Gasteiger partial charge in [0, 0.05) is 17.8 Å². The lowest BCUT2D eigenvalue weighted by atomic mass is 10.1. The Morgan fingerprint density at radius 3 is 2.50 bits per heavy atom. The van der Waals surface area contributed by atoms with Gasteiger partial charge in [0.15, 0.2) is 0 Å². The molecule has 2 N–H and O–H groups in total. The van der Waals surface area contributed by atoms with E-state index in [-0.39, 0.29) is 28.7 Å². The Hall–Kier alpha value is -2.38. The monoisotopic (exact) mass is 348 g/mol. The van der Waals surface area contributed by atoms with Crippen molar-refractivity contribution < 1.29 is 17.9 Å². The number of carbonyl (C=O) groups is 1. The zero-order valence-corrected chi connectivity index (χ0v) is 14.6. The Morgan fingerprint density at radius 1 is 1.17 bits per heavy atom. The molecular weight excluding hydrogens is 328 g/mol. The van der Waals surface area contributed by atoms with Crippen molar-refractivity contribution in [1.82, 2.24) is 4.72 Å². The van der Waals surface area contributed by atoms with Gasteiger partial charge in [-0.3, -0.25) is 4.79 Å². The van der Waals surface area contributed by atoms with Crippen molar-refractivity contribution in [2.75, 3.05) is 19.0 Å². The van der Waals surface area contributed by atoms with Gasteiger partial charge in [-0.2, -0.15) is 0 Å². The molecule has 6 nitrogen and oxygen atoms in total. The summed E-state index contributed by atoms with van der Waals surface area (Å²) in [6.45, 7) is 3.80. The van der Waals surface area contributed by atoms with Crippen LogP contribution in [0.2, 0.25) is 0 Å². The molecule has 7 heteroatoms. The summed E-state index contributed by atoms with van der Waals surface area (Å²) in [5.74, 6) is -0.205. The highest BCUT2D eigenvalue weighted by Crippen LogP contribution is 2.25. The molecule has 2 aromatic rings. The van der Waals surface area contributed by atoms with Gasteiger partial charge in [0.2, 0.25) is 10.0 Å². The Bertz CT molecular complexity index is 847. The Kier molecular flexibility index (Phi) is 5.58. The molecule has 0 aliphatic heterocycles. The van der Waals surface area contributed by atoms with Gasteiger partial charge >= 0.3 is 0 Å². The molecule has 0 bridgehead atoms. The molecule has 0 aliphatic carbocycles. The SMILES string of the molecule is CCNS(=O)(=O)c1cc(C(=O)Nc2ccccc2C)ccc1OC.